The summed E-state index contributed by atoms with van der Waals surface area (Å²) in [5, 5.41) is 1.44. The van der Waals surface area contributed by atoms with Gasteiger partial charge in [-0.25, -0.2) is 4.98 Å². The second-order valence-electron chi connectivity index (χ2n) is 3.74. The molecule has 0 atom stereocenters. The molecule has 2 rings (SSSR count). The Hall–Kier alpha value is -1.55. The Balaban J connectivity index is 2.59. The first kappa shape index (κ1) is 11.9. The lowest BCUT2D eigenvalue weighted by Gasteiger charge is -2.19. The van der Waals surface area contributed by atoms with Gasteiger partial charge in [0, 0.05) is 23.5 Å². The highest BCUT2D eigenvalue weighted by molar-refractivity contribution is 6.31. The van der Waals surface area contributed by atoms with Gasteiger partial charge in [-0.15, -0.1) is 0 Å². The molecule has 90 valence electrons. The largest absolute Gasteiger partial charge is 0.383 e. The number of benzene rings is 1. The lowest BCUT2D eigenvalue weighted by molar-refractivity contribution is 0.827. The van der Waals surface area contributed by atoms with E-state index in [1.165, 1.54) is 0 Å². The SMILES string of the molecule is CCN(CC)c1nc(N)c2cc(Cl)ccc2n1. The Morgan fingerprint density at radius 1 is 1.24 bits per heavy atom. The highest BCUT2D eigenvalue weighted by Crippen LogP contribution is 2.24. The fourth-order valence-corrected chi connectivity index (χ4v) is 1.93. The van der Waals surface area contributed by atoms with Gasteiger partial charge in [0.05, 0.1) is 5.52 Å². The average molecular weight is 251 g/mol. The van der Waals surface area contributed by atoms with E-state index in [2.05, 4.69) is 28.7 Å². The number of halogens is 1. The van der Waals surface area contributed by atoms with E-state index in [1.807, 2.05) is 12.1 Å². The van der Waals surface area contributed by atoms with Crippen LogP contribution in [-0.2, 0) is 0 Å². The van der Waals surface area contributed by atoms with Crippen molar-refractivity contribution in [2.45, 2.75) is 13.8 Å². The summed E-state index contributed by atoms with van der Waals surface area (Å²) >= 11 is 5.93. The lowest BCUT2D eigenvalue weighted by Crippen LogP contribution is -2.24. The minimum atomic E-state index is 0.472. The van der Waals surface area contributed by atoms with Crippen molar-refractivity contribution in [3.63, 3.8) is 0 Å². The standard InChI is InChI=1S/C12H15ClN4/c1-3-17(4-2)12-15-10-6-5-8(13)7-9(10)11(14)16-12/h5-7H,3-4H2,1-2H3,(H2,14,15,16). The van der Waals surface area contributed by atoms with Gasteiger partial charge in [-0.1, -0.05) is 11.6 Å². The summed E-state index contributed by atoms with van der Waals surface area (Å²) in [6.45, 7) is 5.84. The molecule has 1 aromatic carbocycles. The molecular weight excluding hydrogens is 236 g/mol. The first-order valence-electron chi connectivity index (χ1n) is 5.63. The third-order valence-corrected chi connectivity index (χ3v) is 2.96. The molecule has 0 aliphatic rings. The van der Waals surface area contributed by atoms with Crippen LogP contribution in [0.1, 0.15) is 13.8 Å². The summed E-state index contributed by atoms with van der Waals surface area (Å²) in [5.74, 6) is 1.14. The maximum atomic E-state index is 5.94. The van der Waals surface area contributed by atoms with Crippen molar-refractivity contribution in [2.75, 3.05) is 23.7 Å². The van der Waals surface area contributed by atoms with E-state index in [0.717, 1.165) is 24.0 Å². The van der Waals surface area contributed by atoms with E-state index in [1.54, 1.807) is 6.07 Å². The monoisotopic (exact) mass is 250 g/mol. The second-order valence-corrected chi connectivity index (χ2v) is 4.18. The normalized spacial score (nSPS) is 10.8. The van der Waals surface area contributed by atoms with E-state index in [-0.39, 0.29) is 0 Å². The van der Waals surface area contributed by atoms with E-state index >= 15 is 0 Å². The predicted octanol–water partition coefficient (Wildman–Crippen LogP) is 2.71. The Kier molecular flexibility index (Phi) is 3.33. The van der Waals surface area contributed by atoms with Crippen LogP contribution in [0.3, 0.4) is 0 Å². The molecule has 0 spiro atoms. The molecule has 0 unspecified atom stereocenters. The smallest absolute Gasteiger partial charge is 0.227 e. The van der Waals surface area contributed by atoms with Gasteiger partial charge in [0.2, 0.25) is 5.95 Å². The van der Waals surface area contributed by atoms with Crippen LogP contribution in [0.15, 0.2) is 18.2 Å². The summed E-state index contributed by atoms with van der Waals surface area (Å²) in [6.07, 6.45) is 0. The van der Waals surface area contributed by atoms with Gasteiger partial charge in [-0.05, 0) is 32.0 Å². The number of nitrogens with zero attached hydrogens (tertiary/aromatic N) is 3. The van der Waals surface area contributed by atoms with Gasteiger partial charge in [0.1, 0.15) is 5.82 Å². The minimum absolute atomic E-state index is 0.472. The van der Waals surface area contributed by atoms with Gasteiger partial charge in [0.25, 0.3) is 0 Å². The van der Waals surface area contributed by atoms with Gasteiger partial charge < -0.3 is 10.6 Å². The van der Waals surface area contributed by atoms with Crippen LogP contribution < -0.4 is 10.6 Å². The van der Waals surface area contributed by atoms with Crippen LogP contribution in [0.2, 0.25) is 5.02 Å². The molecule has 4 nitrogen and oxygen atoms in total. The van der Waals surface area contributed by atoms with Crippen LogP contribution in [0.5, 0.6) is 0 Å². The fourth-order valence-electron chi connectivity index (χ4n) is 1.76. The van der Waals surface area contributed by atoms with Gasteiger partial charge >= 0.3 is 0 Å². The Morgan fingerprint density at radius 3 is 2.59 bits per heavy atom. The molecule has 0 bridgehead atoms. The molecule has 0 radical (unpaired) electrons. The fraction of sp³-hybridized carbons (Fsp3) is 0.333. The first-order chi connectivity index (χ1) is 8.15. The zero-order valence-electron chi connectivity index (χ0n) is 9.94. The van der Waals surface area contributed by atoms with E-state index in [9.17, 15) is 0 Å². The summed E-state index contributed by atoms with van der Waals surface area (Å²) < 4.78 is 0. The van der Waals surface area contributed by atoms with Crippen LogP contribution in [0, 0.1) is 0 Å². The molecule has 0 aliphatic carbocycles. The molecule has 0 fully saturated rings. The molecule has 2 aromatic rings. The van der Waals surface area contributed by atoms with Crippen molar-refractivity contribution in [1.82, 2.24) is 9.97 Å². The summed E-state index contributed by atoms with van der Waals surface area (Å²) in [4.78, 5) is 10.9. The third kappa shape index (κ3) is 2.26. The number of anilines is 2. The maximum absolute atomic E-state index is 5.94. The third-order valence-electron chi connectivity index (χ3n) is 2.72. The quantitative estimate of drug-likeness (QED) is 0.910. The number of rotatable bonds is 3. The number of aromatic nitrogens is 2. The van der Waals surface area contributed by atoms with Gasteiger partial charge in [-0.3, -0.25) is 0 Å². The van der Waals surface area contributed by atoms with Crippen LogP contribution in [0.25, 0.3) is 10.9 Å². The number of nitrogen functional groups attached to an aromatic ring is 1. The minimum Gasteiger partial charge on any atom is -0.383 e. The van der Waals surface area contributed by atoms with Crippen molar-refractivity contribution >= 4 is 34.3 Å². The van der Waals surface area contributed by atoms with Crippen molar-refractivity contribution < 1.29 is 0 Å². The summed E-state index contributed by atoms with van der Waals surface area (Å²) in [6, 6.07) is 5.46. The van der Waals surface area contributed by atoms with Crippen molar-refractivity contribution in [3.8, 4) is 0 Å². The molecule has 0 saturated carbocycles. The lowest BCUT2D eigenvalue weighted by atomic mass is 10.2. The topological polar surface area (TPSA) is 55.0 Å². The van der Waals surface area contributed by atoms with Gasteiger partial charge in [-0.2, -0.15) is 4.98 Å². The number of hydrogen-bond acceptors (Lipinski definition) is 4. The van der Waals surface area contributed by atoms with Crippen molar-refractivity contribution in [2.24, 2.45) is 0 Å². The highest BCUT2D eigenvalue weighted by Gasteiger charge is 2.09. The second kappa shape index (κ2) is 4.75. The number of fused-ring (bicyclic) bond motifs is 1. The molecule has 1 heterocycles. The van der Waals surface area contributed by atoms with Crippen LogP contribution in [-0.4, -0.2) is 23.1 Å². The van der Waals surface area contributed by atoms with E-state index in [0.29, 0.717) is 16.8 Å². The maximum Gasteiger partial charge on any atom is 0.227 e. The van der Waals surface area contributed by atoms with E-state index < -0.39 is 0 Å². The van der Waals surface area contributed by atoms with Crippen molar-refractivity contribution in [3.05, 3.63) is 23.2 Å². The van der Waals surface area contributed by atoms with Crippen LogP contribution in [0.4, 0.5) is 11.8 Å². The molecular formula is C12H15ClN4. The molecule has 1 aromatic heterocycles. The van der Waals surface area contributed by atoms with Crippen LogP contribution >= 0.6 is 11.6 Å². The zero-order chi connectivity index (χ0) is 12.4. The molecule has 0 amide bonds. The van der Waals surface area contributed by atoms with Gasteiger partial charge in [0.15, 0.2) is 0 Å². The number of nitrogens with two attached hydrogens (primary N) is 1. The summed E-state index contributed by atoms with van der Waals surface area (Å²) in [7, 11) is 0. The molecule has 0 aliphatic heterocycles. The number of hydrogen-bond donors (Lipinski definition) is 1. The first-order valence-corrected chi connectivity index (χ1v) is 6.01. The summed E-state index contributed by atoms with van der Waals surface area (Å²) in [5.41, 5.74) is 6.76. The van der Waals surface area contributed by atoms with E-state index in [4.69, 9.17) is 17.3 Å². The predicted molar refractivity (Wildman–Crippen MR) is 72.5 cm³/mol. The highest BCUT2D eigenvalue weighted by atomic mass is 35.5. The molecule has 0 saturated heterocycles. The molecule has 17 heavy (non-hydrogen) atoms. The average Bonchev–Trinajstić information content (AvgIpc) is 2.32. The Labute approximate surface area is 105 Å². The Morgan fingerprint density at radius 2 is 1.94 bits per heavy atom. The molecule has 5 heteroatoms. The van der Waals surface area contributed by atoms with Crippen molar-refractivity contribution in [1.29, 1.82) is 0 Å². The molecule has 2 N–H and O–H groups in total. The Bertz CT molecular complexity index is 537. The zero-order valence-corrected chi connectivity index (χ0v) is 10.7.